The summed E-state index contributed by atoms with van der Waals surface area (Å²) in [7, 11) is 0. The largest absolute Gasteiger partial charge is 0.392 e. The zero-order valence-corrected chi connectivity index (χ0v) is 10.5. The smallest absolute Gasteiger partial charge is 0.0693 e. The minimum Gasteiger partial charge on any atom is -0.392 e. The van der Waals surface area contributed by atoms with Crippen LogP contribution in [0.1, 0.15) is 47.0 Å². The average molecular weight is 211 g/mol. The molecular formula is C13H25NO. The molecular weight excluding hydrogens is 186 g/mol. The molecule has 0 unspecified atom stereocenters. The molecule has 0 aromatic heterocycles. The summed E-state index contributed by atoms with van der Waals surface area (Å²) in [6.07, 6.45) is 3.20. The van der Waals surface area contributed by atoms with Crippen molar-refractivity contribution in [2.24, 2.45) is 16.7 Å². The van der Waals surface area contributed by atoms with Gasteiger partial charge in [-0.3, -0.25) is 0 Å². The SMILES string of the molecule is CC1(C)C(CN[C@@H]2CCC[C@H]2O)C1(C)C. The number of rotatable bonds is 3. The molecule has 0 aromatic carbocycles. The van der Waals surface area contributed by atoms with Crippen LogP contribution in [0.25, 0.3) is 0 Å². The van der Waals surface area contributed by atoms with Crippen LogP contribution in [0.4, 0.5) is 0 Å². The van der Waals surface area contributed by atoms with Gasteiger partial charge in [0, 0.05) is 6.04 Å². The summed E-state index contributed by atoms with van der Waals surface area (Å²) in [5.41, 5.74) is 0.924. The van der Waals surface area contributed by atoms with Crippen molar-refractivity contribution in [3.05, 3.63) is 0 Å². The van der Waals surface area contributed by atoms with Crippen LogP contribution >= 0.6 is 0 Å². The summed E-state index contributed by atoms with van der Waals surface area (Å²) < 4.78 is 0. The van der Waals surface area contributed by atoms with E-state index in [-0.39, 0.29) is 6.10 Å². The van der Waals surface area contributed by atoms with Crippen LogP contribution < -0.4 is 5.32 Å². The van der Waals surface area contributed by atoms with Crippen LogP contribution in [-0.4, -0.2) is 23.8 Å². The fraction of sp³-hybridized carbons (Fsp3) is 1.00. The van der Waals surface area contributed by atoms with E-state index in [0.29, 0.717) is 16.9 Å². The Kier molecular flexibility index (Phi) is 2.63. The lowest BCUT2D eigenvalue weighted by molar-refractivity contribution is 0.148. The first-order chi connectivity index (χ1) is 6.87. The molecule has 0 aromatic rings. The first-order valence-corrected chi connectivity index (χ1v) is 6.29. The van der Waals surface area contributed by atoms with Gasteiger partial charge in [0.15, 0.2) is 0 Å². The molecule has 88 valence electrons. The summed E-state index contributed by atoms with van der Waals surface area (Å²) in [6, 6.07) is 0.359. The van der Waals surface area contributed by atoms with Gasteiger partial charge in [0.2, 0.25) is 0 Å². The Labute approximate surface area is 93.5 Å². The van der Waals surface area contributed by atoms with Crippen molar-refractivity contribution in [1.29, 1.82) is 0 Å². The normalized spacial score (nSPS) is 38.2. The minimum atomic E-state index is -0.102. The lowest BCUT2D eigenvalue weighted by atomic mass is 10.0. The van der Waals surface area contributed by atoms with Crippen LogP contribution in [0.5, 0.6) is 0 Å². The van der Waals surface area contributed by atoms with Gasteiger partial charge in [-0.1, -0.05) is 27.7 Å². The maximum atomic E-state index is 9.72. The zero-order valence-electron chi connectivity index (χ0n) is 10.5. The van der Waals surface area contributed by atoms with Crippen molar-refractivity contribution in [2.75, 3.05) is 6.54 Å². The Morgan fingerprint density at radius 3 is 2.13 bits per heavy atom. The molecule has 2 N–H and O–H groups in total. The molecule has 2 rings (SSSR count). The Hall–Kier alpha value is -0.0800. The first-order valence-electron chi connectivity index (χ1n) is 6.29. The van der Waals surface area contributed by atoms with Crippen molar-refractivity contribution >= 4 is 0 Å². The highest BCUT2D eigenvalue weighted by molar-refractivity contribution is 5.13. The number of hydrogen-bond donors (Lipinski definition) is 2. The molecule has 2 nitrogen and oxygen atoms in total. The highest BCUT2D eigenvalue weighted by atomic mass is 16.3. The summed E-state index contributed by atoms with van der Waals surface area (Å²) in [5.74, 6) is 0.762. The van der Waals surface area contributed by atoms with E-state index in [1.165, 1.54) is 6.42 Å². The van der Waals surface area contributed by atoms with Crippen LogP contribution in [0.2, 0.25) is 0 Å². The monoisotopic (exact) mass is 211 g/mol. The summed E-state index contributed by atoms with van der Waals surface area (Å²) >= 11 is 0. The fourth-order valence-corrected chi connectivity index (χ4v) is 3.29. The first kappa shape index (κ1) is 11.4. The Bertz CT molecular complexity index is 233. The van der Waals surface area contributed by atoms with Crippen LogP contribution in [0.15, 0.2) is 0 Å². The second-order valence-electron chi connectivity index (χ2n) is 6.51. The topological polar surface area (TPSA) is 32.3 Å². The van der Waals surface area contributed by atoms with E-state index in [1.807, 2.05) is 0 Å². The molecule has 0 aliphatic heterocycles. The minimum absolute atomic E-state index is 0.102. The van der Waals surface area contributed by atoms with Crippen LogP contribution in [0.3, 0.4) is 0 Å². The average Bonchev–Trinajstić information content (AvgIpc) is 2.49. The van der Waals surface area contributed by atoms with Gasteiger partial charge in [0.05, 0.1) is 6.10 Å². The van der Waals surface area contributed by atoms with Gasteiger partial charge in [0.25, 0.3) is 0 Å². The highest BCUT2D eigenvalue weighted by Crippen LogP contribution is 2.67. The van der Waals surface area contributed by atoms with Gasteiger partial charge in [-0.05, 0) is 42.6 Å². The van der Waals surface area contributed by atoms with E-state index in [1.54, 1.807) is 0 Å². The number of aliphatic hydroxyl groups is 1. The molecule has 15 heavy (non-hydrogen) atoms. The maximum absolute atomic E-state index is 9.72. The summed E-state index contributed by atoms with van der Waals surface area (Å²) in [6.45, 7) is 10.5. The molecule has 0 radical (unpaired) electrons. The molecule has 0 bridgehead atoms. The van der Waals surface area contributed by atoms with Crippen molar-refractivity contribution < 1.29 is 5.11 Å². The molecule has 0 saturated heterocycles. The van der Waals surface area contributed by atoms with E-state index in [0.717, 1.165) is 25.3 Å². The van der Waals surface area contributed by atoms with Crippen LogP contribution in [0, 0.1) is 16.7 Å². The predicted octanol–water partition coefficient (Wildman–Crippen LogP) is 2.17. The standard InChI is InChI=1S/C13H25NO/c1-12(2)11(13(12,3)4)8-14-9-6-5-7-10(9)15/h9-11,14-15H,5-8H2,1-4H3/t9-,10-/m1/s1. The molecule has 2 fully saturated rings. The van der Waals surface area contributed by atoms with Crippen molar-refractivity contribution in [3.63, 3.8) is 0 Å². The fourth-order valence-electron chi connectivity index (χ4n) is 3.29. The summed E-state index contributed by atoms with van der Waals surface area (Å²) in [5, 5.41) is 13.3. The molecule has 0 spiro atoms. The van der Waals surface area contributed by atoms with E-state index in [2.05, 4.69) is 33.0 Å². The van der Waals surface area contributed by atoms with Gasteiger partial charge in [-0.15, -0.1) is 0 Å². The molecule has 0 amide bonds. The molecule has 2 aliphatic carbocycles. The van der Waals surface area contributed by atoms with E-state index in [9.17, 15) is 5.11 Å². The second kappa shape index (κ2) is 3.46. The van der Waals surface area contributed by atoms with E-state index < -0.39 is 0 Å². The van der Waals surface area contributed by atoms with Crippen molar-refractivity contribution in [1.82, 2.24) is 5.32 Å². The third-order valence-electron chi connectivity index (χ3n) is 5.38. The van der Waals surface area contributed by atoms with Gasteiger partial charge < -0.3 is 10.4 Å². The van der Waals surface area contributed by atoms with E-state index in [4.69, 9.17) is 0 Å². The molecule has 2 heteroatoms. The van der Waals surface area contributed by atoms with Gasteiger partial charge in [-0.2, -0.15) is 0 Å². The lowest BCUT2D eigenvalue weighted by Gasteiger charge is -2.17. The number of aliphatic hydroxyl groups excluding tert-OH is 1. The third kappa shape index (κ3) is 1.72. The number of nitrogens with one attached hydrogen (secondary N) is 1. The third-order valence-corrected chi connectivity index (χ3v) is 5.38. The predicted molar refractivity (Wildman–Crippen MR) is 62.7 cm³/mol. The molecule has 2 saturated carbocycles. The van der Waals surface area contributed by atoms with Gasteiger partial charge in [-0.25, -0.2) is 0 Å². The van der Waals surface area contributed by atoms with Crippen molar-refractivity contribution in [3.8, 4) is 0 Å². The van der Waals surface area contributed by atoms with Crippen molar-refractivity contribution in [2.45, 2.75) is 59.1 Å². The van der Waals surface area contributed by atoms with Gasteiger partial charge in [0.1, 0.15) is 0 Å². The molecule has 0 heterocycles. The lowest BCUT2D eigenvalue weighted by Crippen LogP contribution is -2.37. The second-order valence-corrected chi connectivity index (χ2v) is 6.51. The molecule has 2 atom stereocenters. The Morgan fingerprint density at radius 1 is 1.13 bits per heavy atom. The Balaban J connectivity index is 1.81. The Morgan fingerprint density at radius 2 is 1.73 bits per heavy atom. The zero-order chi connectivity index (χ0) is 11.3. The molecule has 2 aliphatic rings. The quantitative estimate of drug-likeness (QED) is 0.750. The van der Waals surface area contributed by atoms with Gasteiger partial charge >= 0.3 is 0 Å². The van der Waals surface area contributed by atoms with E-state index >= 15 is 0 Å². The number of hydrogen-bond acceptors (Lipinski definition) is 2. The highest BCUT2D eigenvalue weighted by Gasteiger charge is 2.64. The maximum Gasteiger partial charge on any atom is 0.0693 e. The van der Waals surface area contributed by atoms with Crippen LogP contribution in [-0.2, 0) is 0 Å². The summed E-state index contributed by atoms with van der Waals surface area (Å²) in [4.78, 5) is 0.